The maximum atomic E-state index is 13.0. The number of ether oxygens (including phenoxy) is 1. The van der Waals surface area contributed by atoms with E-state index in [4.69, 9.17) is 23.3 Å². The van der Waals surface area contributed by atoms with Gasteiger partial charge in [0.25, 0.3) is 5.91 Å². The Labute approximate surface area is 246 Å². The molecule has 0 saturated carbocycles. The number of nitrogens with one attached hydrogen (secondary N) is 4. The highest BCUT2D eigenvalue weighted by atomic mass is 35.5. The maximum Gasteiger partial charge on any atom is 0.411 e. The first kappa shape index (κ1) is 29.8. The number of methoxy groups -OCH3 is 1. The summed E-state index contributed by atoms with van der Waals surface area (Å²) in [5.41, 5.74) is 2.96. The molecule has 2 bridgehead atoms. The number of fused-ring (bicyclic) bond motifs is 4. The molecule has 0 unspecified atom stereocenters. The first-order chi connectivity index (χ1) is 20.3. The van der Waals surface area contributed by atoms with Crippen LogP contribution >= 0.6 is 11.6 Å². The van der Waals surface area contributed by atoms with Crippen LogP contribution in [0.5, 0.6) is 0 Å². The van der Waals surface area contributed by atoms with Crippen molar-refractivity contribution < 1.29 is 19.1 Å². The summed E-state index contributed by atoms with van der Waals surface area (Å²) in [7, 11) is 1.25. The number of aromatic amines is 1. The number of nitrogens with zero attached hydrogens (tertiary/aromatic N) is 3. The van der Waals surface area contributed by atoms with E-state index in [1.807, 2.05) is 12.2 Å². The van der Waals surface area contributed by atoms with E-state index in [0.717, 1.165) is 0 Å². The number of benzene rings is 2. The minimum Gasteiger partial charge on any atom is -0.453 e. The number of hydrazone groups is 1. The van der Waals surface area contributed by atoms with Gasteiger partial charge in [-0.3, -0.25) is 19.9 Å². The SMILES string of the molecule is COC(=O)Nc1ccc2c(c1)C(=O)NCC/C=C\C[C@H](NC(=O)/C=C/c1cc(Cl)ccc1N(N)/C=N\N)c1ncc-2[nH]1. The molecule has 0 fully saturated rings. The van der Waals surface area contributed by atoms with Gasteiger partial charge < -0.3 is 26.2 Å². The lowest BCUT2D eigenvalue weighted by atomic mass is 10.0. The molecule has 42 heavy (non-hydrogen) atoms. The number of halogens is 1. The van der Waals surface area contributed by atoms with Crippen LogP contribution < -0.4 is 32.6 Å². The molecule has 1 aliphatic heterocycles. The van der Waals surface area contributed by atoms with E-state index >= 15 is 0 Å². The molecule has 2 heterocycles. The molecule has 3 amide bonds. The third kappa shape index (κ3) is 7.53. The van der Waals surface area contributed by atoms with E-state index in [2.05, 4.69) is 35.8 Å². The number of nitrogens with two attached hydrogens (primary N) is 2. The Hall–Kier alpha value is -5.14. The first-order valence-corrected chi connectivity index (χ1v) is 13.2. The van der Waals surface area contributed by atoms with Crippen LogP contribution in [0, 0.1) is 0 Å². The molecule has 8 N–H and O–H groups in total. The summed E-state index contributed by atoms with van der Waals surface area (Å²) >= 11 is 6.15. The maximum absolute atomic E-state index is 13.0. The highest BCUT2D eigenvalue weighted by Gasteiger charge is 2.20. The monoisotopic (exact) mass is 591 g/mol. The zero-order valence-corrected chi connectivity index (χ0v) is 23.4. The van der Waals surface area contributed by atoms with Gasteiger partial charge in [0.15, 0.2) is 0 Å². The third-order valence-electron chi connectivity index (χ3n) is 6.24. The van der Waals surface area contributed by atoms with Gasteiger partial charge in [-0.05, 0) is 55.3 Å². The Morgan fingerprint density at radius 2 is 2.05 bits per heavy atom. The van der Waals surface area contributed by atoms with Gasteiger partial charge in [0.2, 0.25) is 5.91 Å². The van der Waals surface area contributed by atoms with Crippen LogP contribution in [0.25, 0.3) is 17.3 Å². The van der Waals surface area contributed by atoms with Gasteiger partial charge in [-0.2, -0.15) is 5.10 Å². The molecule has 14 heteroatoms. The number of rotatable bonds is 6. The number of hydrogen-bond donors (Lipinski definition) is 6. The topological polar surface area (TPSA) is 193 Å². The largest absolute Gasteiger partial charge is 0.453 e. The van der Waals surface area contributed by atoms with Gasteiger partial charge in [-0.15, -0.1) is 0 Å². The van der Waals surface area contributed by atoms with Gasteiger partial charge >= 0.3 is 6.09 Å². The molecule has 13 nitrogen and oxygen atoms in total. The van der Waals surface area contributed by atoms with Crippen LogP contribution in [0.1, 0.15) is 40.6 Å². The van der Waals surface area contributed by atoms with Crippen molar-refractivity contribution in [1.82, 2.24) is 20.6 Å². The molecular formula is C28H30ClN9O4. The fourth-order valence-electron chi connectivity index (χ4n) is 4.23. The van der Waals surface area contributed by atoms with Crippen molar-refractivity contribution in [1.29, 1.82) is 0 Å². The minimum absolute atomic E-state index is 0.313. The Morgan fingerprint density at radius 3 is 2.83 bits per heavy atom. The summed E-state index contributed by atoms with van der Waals surface area (Å²) in [6.07, 6.45) is 9.96. The molecule has 0 spiro atoms. The average molecular weight is 592 g/mol. The second-order valence-corrected chi connectivity index (χ2v) is 9.52. The summed E-state index contributed by atoms with van der Waals surface area (Å²) in [5.74, 6) is 11.0. The molecule has 2 aromatic carbocycles. The smallest absolute Gasteiger partial charge is 0.411 e. The van der Waals surface area contributed by atoms with Crippen molar-refractivity contribution in [3.63, 3.8) is 0 Å². The Kier molecular flexibility index (Phi) is 9.92. The zero-order valence-electron chi connectivity index (χ0n) is 22.6. The quantitative estimate of drug-likeness (QED) is 0.0626. The van der Waals surface area contributed by atoms with Crippen LogP contribution in [-0.4, -0.2) is 47.9 Å². The predicted molar refractivity (Wildman–Crippen MR) is 161 cm³/mol. The van der Waals surface area contributed by atoms with Gasteiger partial charge in [-0.1, -0.05) is 23.8 Å². The molecule has 1 atom stereocenters. The predicted octanol–water partition coefficient (Wildman–Crippen LogP) is 3.44. The number of H-pyrrole nitrogens is 1. The van der Waals surface area contributed by atoms with Crippen molar-refractivity contribution in [3.05, 3.63) is 82.8 Å². The standard InChI is InChI=1S/C28H30ClN9O4/c1-42-28(41)35-19-8-9-20-21(14-19)27(40)32-12-4-2-3-5-22(26-33-15-23(20)37-26)36-25(39)11-6-17-13-18(29)7-10-24(17)38(31)16-34-30/h2-3,6-11,13-16,22H,4-5,12,30-31H2,1H3,(H,32,40)(H,33,37)(H,35,41)(H,36,39)/b3-2-,11-6+,34-16-/t22-/m0/s1. The number of hydrazine groups is 1. The number of imidazole rings is 1. The molecule has 1 aliphatic rings. The number of carbonyl (C=O) groups is 3. The average Bonchev–Trinajstić information content (AvgIpc) is 3.47. The van der Waals surface area contributed by atoms with Crippen molar-refractivity contribution in [2.24, 2.45) is 16.8 Å². The number of anilines is 2. The third-order valence-corrected chi connectivity index (χ3v) is 6.47. The molecular weight excluding hydrogens is 562 g/mol. The van der Waals surface area contributed by atoms with Crippen LogP contribution in [0.4, 0.5) is 16.2 Å². The van der Waals surface area contributed by atoms with Crippen molar-refractivity contribution in [2.45, 2.75) is 18.9 Å². The number of aromatic nitrogens is 2. The van der Waals surface area contributed by atoms with Gasteiger partial charge in [0.05, 0.1) is 36.3 Å². The van der Waals surface area contributed by atoms with Crippen molar-refractivity contribution in [3.8, 4) is 11.3 Å². The number of carbonyl (C=O) groups excluding carboxylic acids is 3. The lowest BCUT2D eigenvalue weighted by Gasteiger charge is -2.16. The Morgan fingerprint density at radius 1 is 1.21 bits per heavy atom. The second kappa shape index (κ2) is 14.0. The van der Waals surface area contributed by atoms with E-state index in [0.29, 0.717) is 64.0 Å². The highest BCUT2D eigenvalue weighted by molar-refractivity contribution is 6.30. The van der Waals surface area contributed by atoms with Crippen molar-refractivity contribution in [2.75, 3.05) is 24.0 Å². The molecule has 0 saturated heterocycles. The fourth-order valence-corrected chi connectivity index (χ4v) is 4.41. The number of hydrogen-bond acceptors (Lipinski definition) is 8. The Balaban J connectivity index is 1.61. The number of amides is 3. The van der Waals surface area contributed by atoms with E-state index < -0.39 is 12.1 Å². The summed E-state index contributed by atoms with van der Waals surface area (Å²) < 4.78 is 4.65. The highest BCUT2D eigenvalue weighted by Crippen LogP contribution is 2.28. The molecule has 218 valence electrons. The van der Waals surface area contributed by atoms with Crippen LogP contribution in [0.2, 0.25) is 5.02 Å². The van der Waals surface area contributed by atoms with Crippen molar-refractivity contribution >= 4 is 53.3 Å². The van der Waals surface area contributed by atoms with Crippen LogP contribution in [0.3, 0.4) is 0 Å². The first-order valence-electron chi connectivity index (χ1n) is 12.8. The van der Waals surface area contributed by atoms with Gasteiger partial charge in [0, 0.05) is 34.5 Å². The fraction of sp³-hybridized carbons (Fsp3) is 0.179. The summed E-state index contributed by atoms with van der Waals surface area (Å²) in [4.78, 5) is 45.5. The normalized spacial score (nSPS) is 16.0. The molecule has 4 rings (SSSR count). The zero-order chi connectivity index (χ0) is 30.1. The summed E-state index contributed by atoms with van der Waals surface area (Å²) in [6, 6.07) is 9.40. The van der Waals surface area contributed by atoms with E-state index in [9.17, 15) is 14.4 Å². The second-order valence-electron chi connectivity index (χ2n) is 9.08. The van der Waals surface area contributed by atoms with E-state index in [-0.39, 0.29) is 11.8 Å². The lowest BCUT2D eigenvalue weighted by Crippen LogP contribution is -2.30. The lowest BCUT2D eigenvalue weighted by molar-refractivity contribution is -0.117. The molecule has 3 aromatic rings. The molecule has 0 aliphatic carbocycles. The summed E-state index contributed by atoms with van der Waals surface area (Å²) in [5, 5.41) is 13.5. The van der Waals surface area contributed by atoms with E-state index in [1.165, 1.54) is 24.5 Å². The minimum atomic E-state index is -0.655. The van der Waals surface area contributed by atoms with Crippen LogP contribution in [-0.2, 0) is 9.53 Å². The van der Waals surface area contributed by atoms with E-state index in [1.54, 1.807) is 48.7 Å². The molecule has 0 radical (unpaired) electrons. The Bertz CT molecular complexity index is 1550. The van der Waals surface area contributed by atoms with Crippen LogP contribution in [0.15, 0.2) is 65.9 Å². The molecule has 1 aromatic heterocycles. The van der Waals surface area contributed by atoms with Gasteiger partial charge in [0.1, 0.15) is 12.2 Å². The van der Waals surface area contributed by atoms with Gasteiger partial charge in [-0.25, -0.2) is 15.6 Å². The summed E-state index contributed by atoms with van der Waals surface area (Å²) in [6.45, 7) is 0.394.